The average Bonchev–Trinajstić information content (AvgIpc) is 2.42. The molecular formula is C15H14O6. The lowest BCUT2D eigenvalue weighted by Gasteiger charge is -2.31. The predicted octanol–water partition coefficient (Wildman–Crippen LogP) is 1.55. The minimum Gasteiger partial charge on any atom is -0.508 e. The van der Waals surface area contributed by atoms with Crippen LogP contribution in [0.3, 0.4) is 0 Å². The molecule has 0 unspecified atom stereocenters. The van der Waals surface area contributed by atoms with E-state index in [-0.39, 0.29) is 35.2 Å². The predicted molar refractivity (Wildman–Crippen MR) is 72.6 cm³/mol. The van der Waals surface area contributed by atoms with Crippen molar-refractivity contribution in [2.24, 2.45) is 0 Å². The van der Waals surface area contributed by atoms with E-state index in [1.807, 2.05) is 0 Å². The van der Waals surface area contributed by atoms with E-state index in [4.69, 9.17) is 4.74 Å². The maximum Gasteiger partial charge on any atom is 0.157 e. The maximum atomic E-state index is 10.2. The Morgan fingerprint density at radius 3 is 2.38 bits per heavy atom. The van der Waals surface area contributed by atoms with Crippen LogP contribution in [0.15, 0.2) is 30.3 Å². The number of aliphatic hydroxyl groups is 1. The molecule has 0 radical (unpaired) electrons. The molecule has 0 bridgehead atoms. The highest BCUT2D eigenvalue weighted by Gasteiger charge is 2.32. The largest absolute Gasteiger partial charge is 0.508 e. The number of benzene rings is 2. The average molecular weight is 291 g/mol. The van der Waals surface area contributed by atoms with Gasteiger partial charge in [-0.3, -0.25) is 0 Å². The van der Waals surface area contributed by atoms with Crippen LogP contribution in [0.4, 0.5) is 0 Å². The third kappa shape index (κ3) is 2.30. The molecule has 6 nitrogen and oxygen atoms in total. The molecule has 0 fully saturated rings. The van der Waals surface area contributed by atoms with E-state index in [2.05, 4.69) is 0 Å². The van der Waals surface area contributed by atoms with Crippen LogP contribution < -0.4 is 4.74 Å². The SMILES string of the molecule is Oc1cc(O)c2c(c1)O[C@H](c1ccc(O)c(O)c1)[C@H](O)[13CH2]2. The zero-order valence-electron chi connectivity index (χ0n) is 10.9. The number of rotatable bonds is 1. The fourth-order valence-electron chi connectivity index (χ4n) is 2.47. The van der Waals surface area contributed by atoms with E-state index < -0.39 is 12.2 Å². The third-order valence-corrected chi connectivity index (χ3v) is 3.51. The van der Waals surface area contributed by atoms with E-state index in [1.54, 1.807) is 0 Å². The van der Waals surface area contributed by atoms with E-state index in [1.165, 1.54) is 30.3 Å². The Kier molecular flexibility index (Phi) is 3.03. The molecule has 0 aliphatic carbocycles. The molecule has 0 saturated carbocycles. The van der Waals surface area contributed by atoms with Crippen molar-refractivity contribution < 1.29 is 30.3 Å². The molecule has 0 spiro atoms. The van der Waals surface area contributed by atoms with Crippen LogP contribution in [-0.4, -0.2) is 31.6 Å². The first-order valence-electron chi connectivity index (χ1n) is 6.37. The molecule has 5 N–H and O–H groups in total. The molecule has 2 atom stereocenters. The molecule has 21 heavy (non-hydrogen) atoms. The van der Waals surface area contributed by atoms with Crippen LogP contribution in [0.25, 0.3) is 0 Å². The first-order chi connectivity index (χ1) is 9.95. The van der Waals surface area contributed by atoms with Gasteiger partial charge in [-0.15, -0.1) is 0 Å². The minimum absolute atomic E-state index is 0.143. The Balaban J connectivity index is 2.00. The van der Waals surface area contributed by atoms with Crippen LogP contribution in [-0.2, 0) is 6.42 Å². The van der Waals surface area contributed by atoms with Crippen LogP contribution in [0, 0.1) is 0 Å². The maximum absolute atomic E-state index is 10.2. The summed E-state index contributed by atoms with van der Waals surface area (Å²) in [5.74, 6) is -0.589. The number of ether oxygens (including phenoxy) is 1. The molecule has 2 aromatic carbocycles. The summed E-state index contributed by atoms with van der Waals surface area (Å²) in [4.78, 5) is 0. The Labute approximate surface area is 120 Å². The fraction of sp³-hybridized carbons (Fsp3) is 0.200. The monoisotopic (exact) mass is 291 g/mol. The summed E-state index contributed by atoms with van der Waals surface area (Å²) in [6.07, 6.45) is -1.56. The molecule has 1 aliphatic heterocycles. The van der Waals surface area contributed by atoms with Crippen molar-refractivity contribution in [2.45, 2.75) is 18.6 Å². The van der Waals surface area contributed by atoms with Gasteiger partial charge in [0.25, 0.3) is 0 Å². The molecule has 1 aliphatic rings. The molecule has 6 heteroatoms. The van der Waals surface area contributed by atoms with Gasteiger partial charge in [0, 0.05) is 24.1 Å². The van der Waals surface area contributed by atoms with Crippen molar-refractivity contribution >= 4 is 0 Å². The molecule has 110 valence electrons. The number of phenolic OH excluding ortho intramolecular Hbond substituents is 4. The smallest absolute Gasteiger partial charge is 0.157 e. The Hall–Kier alpha value is -2.60. The Morgan fingerprint density at radius 1 is 0.905 bits per heavy atom. The van der Waals surface area contributed by atoms with Gasteiger partial charge in [-0.05, 0) is 17.7 Å². The van der Waals surface area contributed by atoms with Crippen molar-refractivity contribution in [3.8, 4) is 28.7 Å². The summed E-state index contributed by atoms with van der Waals surface area (Å²) < 4.78 is 5.62. The van der Waals surface area contributed by atoms with Crippen molar-refractivity contribution in [3.05, 3.63) is 41.5 Å². The third-order valence-electron chi connectivity index (χ3n) is 3.51. The van der Waals surface area contributed by atoms with Crippen molar-refractivity contribution in [3.63, 3.8) is 0 Å². The first-order valence-corrected chi connectivity index (χ1v) is 6.37. The highest BCUT2D eigenvalue weighted by atomic mass is 16.5. The van der Waals surface area contributed by atoms with Gasteiger partial charge < -0.3 is 30.3 Å². The first kappa shape index (κ1) is 13.4. The second-order valence-electron chi connectivity index (χ2n) is 5.00. The zero-order valence-corrected chi connectivity index (χ0v) is 10.9. The van der Waals surface area contributed by atoms with Gasteiger partial charge in [-0.1, -0.05) is 6.07 Å². The van der Waals surface area contributed by atoms with E-state index in [0.29, 0.717) is 11.1 Å². The van der Waals surface area contributed by atoms with Gasteiger partial charge in [-0.25, -0.2) is 0 Å². The normalized spacial score (nSPS) is 20.6. The van der Waals surface area contributed by atoms with Crippen molar-refractivity contribution in [1.82, 2.24) is 0 Å². The summed E-state index contributed by atoms with van der Waals surface area (Å²) in [6.45, 7) is 0. The summed E-state index contributed by atoms with van der Waals surface area (Å²) in [6, 6.07) is 6.67. The van der Waals surface area contributed by atoms with E-state index in [9.17, 15) is 25.5 Å². The topological polar surface area (TPSA) is 110 Å². The van der Waals surface area contributed by atoms with Gasteiger partial charge in [0.15, 0.2) is 11.5 Å². The number of aliphatic hydroxyl groups excluding tert-OH is 1. The summed E-state index contributed by atoms with van der Waals surface area (Å²) in [5.41, 5.74) is 0.894. The van der Waals surface area contributed by atoms with Gasteiger partial charge in [-0.2, -0.15) is 0 Å². The Bertz CT molecular complexity index is 697. The number of aromatic hydroxyl groups is 4. The van der Waals surface area contributed by atoms with E-state index in [0.717, 1.165) is 0 Å². The van der Waals surface area contributed by atoms with Crippen molar-refractivity contribution in [1.29, 1.82) is 0 Å². The second kappa shape index (κ2) is 4.75. The Morgan fingerprint density at radius 2 is 1.67 bits per heavy atom. The number of fused-ring (bicyclic) bond motifs is 1. The lowest BCUT2D eigenvalue weighted by atomic mass is 10.0. The van der Waals surface area contributed by atoms with E-state index >= 15 is 0 Å². The number of hydrogen-bond acceptors (Lipinski definition) is 6. The minimum atomic E-state index is -0.933. The summed E-state index contributed by atoms with van der Waals surface area (Å²) in [5, 5.41) is 48.3. The lowest BCUT2D eigenvalue weighted by Crippen LogP contribution is -2.30. The highest BCUT2D eigenvalue weighted by Crippen LogP contribution is 2.42. The molecule has 1 heterocycles. The molecular weight excluding hydrogens is 277 g/mol. The number of hydrogen-bond donors (Lipinski definition) is 5. The van der Waals surface area contributed by atoms with Crippen LogP contribution in [0.2, 0.25) is 0 Å². The molecule has 0 aromatic heterocycles. The van der Waals surface area contributed by atoms with Gasteiger partial charge in [0.1, 0.15) is 23.4 Å². The lowest BCUT2D eigenvalue weighted by molar-refractivity contribution is 0.0197. The van der Waals surface area contributed by atoms with Crippen LogP contribution in [0.1, 0.15) is 17.2 Å². The quantitative estimate of drug-likeness (QED) is 0.403. The highest BCUT2D eigenvalue weighted by molar-refractivity contribution is 5.52. The van der Waals surface area contributed by atoms with Gasteiger partial charge in [0.2, 0.25) is 0 Å². The standard InChI is InChI=1S/C15H14O6/c16-8-4-11(18)9-6-13(20)15(21-14(9)5-8)7-1-2-10(17)12(19)3-7/h1-5,13,15-20H,6H2/t13-,15-/m1/s1/i6+1. The fourth-order valence-corrected chi connectivity index (χ4v) is 2.47. The van der Waals surface area contributed by atoms with Crippen LogP contribution >= 0.6 is 0 Å². The number of phenols is 4. The van der Waals surface area contributed by atoms with Crippen LogP contribution in [0.5, 0.6) is 28.7 Å². The second-order valence-corrected chi connectivity index (χ2v) is 5.00. The molecule has 0 saturated heterocycles. The van der Waals surface area contributed by atoms with Gasteiger partial charge >= 0.3 is 0 Å². The molecule has 0 amide bonds. The van der Waals surface area contributed by atoms with Gasteiger partial charge in [0.05, 0.1) is 6.10 Å². The molecule has 3 rings (SSSR count). The zero-order chi connectivity index (χ0) is 15.1. The summed E-state index contributed by atoms with van der Waals surface area (Å²) in [7, 11) is 0. The molecule has 2 aromatic rings. The van der Waals surface area contributed by atoms with Crippen molar-refractivity contribution in [2.75, 3.05) is 0 Å². The summed E-state index contributed by atoms with van der Waals surface area (Å²) >= 11 is 0.